The van der Waals surface area contributed by atoms with Crippen LogP contribution < -0.4 is 4.90 Å². The zero-order chi connectivity index (χ0) is 15.4. The largest absolute Gasteiger partial charge is 0.309 e. The Balaban J connectivity index is 2.15. The number of hydrogen-bond donors (Lipinski definition) is 1. The number of nitrogens with zero attached hydrogens (tertiary/aromatic N) is 4. The maximum Gasteiger partial charge on any atom is 0.297 e. The van der Waals surface area contributed by atoms with Crippen LogP contribution in [0.15, 0.2) is 24.3 Å². The Bertz CT molecular complexity index is 650. The second kappa shape index (κ2) is 6.12. The molecule has 0 aliphatic heterocycles. The first-order chi connectivity index (χ1) is 10.0. The molecule has 0 bridgehead atoms. The van der Waals surface area contributed by atoms with Crippen molar-refractivity contribution in [1.29, 1.82) is 0 Å². The van der Waals surface area contributed by atoms with E-state index in [2.05, 4.69) is 15.2 Å². The molecule has 1 amide bonds. The van der Waals surface area contributed by atoms with E-state index in [0.717, 1.165) is 12.8 Å². The molecule has 2 rings (SSSR count). The van der Waals surface area contributed by atoms with Crippen LogP contribution in [0.25, 0.3) is 0 Å². The van der Waals surface area contributed by atoms with Gasteiger partial charge in [-0.2, -0.15) is 0 Å². The molecule has 1 aromatic heterocycles. The predicted molar refractivity (Wildman–Crippen MR) is 76.2 cm³/mol. The van der Waals surface area contributed by atoms with Gasteiger partial charge in [0.1, 0.15) is 5.82 Å². The highest BCUT2D eigenvalue weighted by Gasteiger charge is 2.19. The molecule has 8 heteroatoms. The molecule has 0 spiro atoms. The third-order valence-electron chi connectivity index (χ3n) is 2.96. The number of nitrogens with one attached hydrogen (secondary N) is 1. The first-order valence-corrected chi connectivity index (χ1v) is 6.46. The fourth-order valence-electron chi connectivity index (χ4n) is 1.80. The number of anilines is 1. The molecule has 0 atom stereocenters. The molecule has 2 aromatic rings. The maximum absolute atomic E-state index is 12.2. The van der Waals surface area contributed by atoms with Crippen LogP contribution in [-0.2, 0) is 6.42 Å². The van der Waals surface area contributed by atoms with E-state index in [-0.39, 0.29) is 17.4 Å². The number of amides is 1. The van der Waals surface area contributed by atoms with Crippen molar-refractivity contribution in [2.45, 2.75) is 19.8 Å². The zero-order valence-corrected chi connectivity index (χ0v) is 11.7. The Kier molecular flexibility index (Phi) is 4.27. The molecular weight excluding hydrogens is 274 g/mol. The first kappa shape index (κ1) is 14.6. The number of aromatic amines is 1. The summed E-state index contributed by atoms with van der Waals surface area (Å²) in [5, 5.41) is 17.2. The minimum atomic E-state index is -0.488. The molecule has 1 N–H and O–H groups in total. The summed E-state index contributed by atoms with van der Waals surface area (Å²) in [7, 11) is 1.57. The minimum Gasteiger partial charge on any atom is -0.309 e. The van der Waals surface area contributed by atoms with Gasteiger partial charge in [0.25, 0.3) is 11.6 Å². The van der Waals surface area contributed by atoms with E-state index in [4.69, 9.17) is 0 Å². The van der Waals surface area contributed by atoms with Gasteiger partial charge < -0.3 is 4.90 Å². The number of nitro benzene ring substituents is 1. The molecule has 8 nitrogen and oxygen atoms in total. The summed E-state index contributed by atoms with van der Waals surface area (Å²) < 4.78 is 0. The lowest BCUT2D eigenvalue weighted by atomic mass is 10.2. The van der Waals surface area contributed by atoms with Crippen molar-refractivity contribution in [2.24, 2.45) is 0 Å². The van der Waals surface area contributed by atoms with E-state index in [9.17, 15) is 14.9 Å². The van der Waals surface area contributed by atoms with Gasteiger partial charge in [0, 0.05) is 31.3 Å². The molecule has 1 heterocycles. The quantitative estimate of drug-likeness (QED) is 0.669. The van der Waals surface area contributed by atoms with Crippen LogP contribution in [0.3, 0.4) is 0 Å². The lowest BCUT2D eigenvalue weighted by Gasteiger charge is -2.14. The normalized spacial score (nSPS) is 10.4. The second-order valence-electron chi connectivity index (χ2n) is 4.49. The molecule has 0 aliphatic rings. The van der Waals surface area contributed by atoms with E-state index in [1.807, 2.05) is 6.92 Å². The lowest BCUT2D eigenvalue weighted by Crippen LogP contribution is -2.27. The average molecular weight is 289 g/mol. The number of non-ortho nitro benzene ring substituents is 1. The van der Waals surface area contributed by atoms with Gasteiger partial charge in [0.15, 0.2) is 0 Å². The molecule has 0 radical (unpaired) electrons. The van der Waals surface area contributed by atoms with Crippen molar-refractivity contribution in [3.05, 3.63) is 46.0 Å². The molecular formula is C13H15N5O3. The second-order valence-corrected chi connectivity index (χ2v) is 4.49. The summed E-state index contributed by atoms with van der Waals surface area (Å²) in [5.41, 5.74) is 0.509. The van der Waals surface area contributed by atoms with Crippen molar-refractivity contribution in [3.8, 4) is 0 Å². The molecule has 0 aliphatic carbocycles. The highest BCUT2D eigenvalue weighted by Crippen LogP contribution is 2.19. The van der Waals surface area contributed by atoms with Gasteiger partial charge in [-0.25, -0.2) is 4.98 Å². The summed E-state index contributed by atoms with van der Waals surface area (Å²) >= 11 is 0. The van der Waals surface area contributed by atoms with Crippen LogP contribution >= 0.6 is 0 Å². The smallest absolute Gasteiger partial charge is 0.297 e. The van der Waals surface area contributed by atoms with Crippen molar-refractivity contribution in [3.63, 3.8) is 0 Å². The molecule has 0 saturated carbocycles. The Morgan fingerprint density at radius 1 is 1.38 bits per heavy atom. The monoisotopic (exact) mass is 289 g/mol. The van der Waals surface area contributed by atoms with Crippen molar-refractivity contribution >= 4 is 17.3 Å². The third kappa shape index (κ3) is 3.22. The van der Waals surface area contributed by atoms with Crippen LogP contribution in [-0.4, -0.2) is 33.1 Å². The molecule has 0 fully saturated rings. The van der Waals surface area contributed by atoms with Gasteiger partial charge >= 0.3 is 0 Å². The van der Waals surface area contributed by atoms with Gasteiger partial charge in [-0.05, 0) is 18.6 Å². The van der Waals surface area contributed by atoms with Gasteiger partial charge in [0.05, 0.1) is 4.92 Å². The molecule has 21 heavy (non-hydrogen) atoms. The van der Waals surface area contributed by atoms with E-state index >= 15 is 0 Å². The van der Waals surface area contributed by atoms with E-state index < -0.39 is 4.92 Å². The number of rotatable bonds is 5. The number of carbonyl (C=O) groups is 1. The van der Waals surface area contributed by atoms with Crippen LogP contribution in [0, 0.1) is 10.1 Å². The topological polar surface area (TPSA) is 105 Å². The zero-order valence-electron chi connectivity index (χ0n) is 11.7. The summed E-state index contributed by atoms with van der Waals surface area (Å²) in [6, 6.07) is 5.71. The molecule has 0 saturated heterocycles. The standard InChI is InChI=1S/C13H15N5O3/c1-3-4-11-14-12(16-15-11)13(19)17(2)9-5-7-10(8-6-9)18(20)21/h5-8H,3-4H2,1-2H3,(H,14,15,16). The molecule has 0 unspecified atom stereocenters. The van der Waals surface area contributed by atoms with Crippen LogP contribution in [0.4, 0.5) is 11.4 Å². The van der Waals surface area contributed by atoms with Gasteiger partial charge in [-0.1, -0.05) is 6.92 Å². The number of H-pyrrole nitrogens is 1. The van der Waals surface area contributed by atoms with Crippen molar-refractivity contribution in [1.82, 2.24) is 15.2 Å². The number of hydrogen-bond acceptors (Lipinski definition) is 5. The summed E-state index contributed by atoms with van der Waals surface area (Å²) in [5.74, 6) is 0.375. The van der Waals surface area contributed by atoms with E-state index in [0.29, 0.717) is 11.5 Å². The van der Waals surface area contributed by atoms with Crippen LogP contribution in [0.5, 0.6) is 0 Å². The number of nitro groups is 1. The third-order valence-corrected chi connectivity index (χ3v) is 2.96. The van der Waals surface area contributed by atoms with Gasteiger partial charge in [-0.15, -0.1) is 5.10 Å². The summed E-state index contributed by atoms with van der Waals surface area (Å²) in [6.07, 6.45) is 1.63. The van der Waals surface area contributed by atoms with Crippen LogP contribution in [0.1, 0.15) is 29.8 Å². The first-order valence-electron chi connectivity index (χ1n) is 6.46. The fraction of sp³-hybridized carbons (Fsp3) is 0.308. The van der Waals surface area contributed by atoms with Gasteiger partial charge in [-0.3, -0.25) is 20.0 Å². The average Bonchev–Trinajstić information content (AvgIpc) is 2.95. The number of aromatic nitrogens is 3. The summed E-state index contributed by atoms with van der Waals surface area (Å²) in [6.45, 7) is 2.01. The highest BCUT2D eigenvalue weighted by molar-refractivity contribution is 6.03. The van der Waals surface area contributed by atoms with Crippen molar-refractivity contribution in [2.75, 3.05) is 11.9 Å². The lowest BCUT2D eigenvalue weighted by molar-refractivity contribution is -0.384. The fourth-order valence-corrected chi connectivity index (χ4v) is 1.80. The summed E-state index contributed by atoms with van der Waals surface area (Å²) in [4.78, 5) is 27.8. The maximum atomic E-state index is 12.2. The van der Waals surface area contributed by atoms with Gasteiger partial charge in [0.2, 0.25) is 5.82 Å². The highest BCUT2D eigenvalue weighted by atomic mass is 16.6. The number of aryl methyl sites for hydroxylation is 1. The Morgan fingerprint density at radius 2 is 2.05 bits per heavy atom. The Hall–Kier alpha value is -2.77. The molecule has 110 valence electrons. The Labute approximate surface area is 121 Å². The minimum absolute atomic E-state index is 0.0253. The molecule has 1 aromatic carbocycles. The SMILES string of the molecule is CCCc1nc(C(=O)N(C)c2ccc([N+](=O)[O-])cc2)n[nH]1. The predicted octanol–water partition coefficient (Wildman–Crippen LogP) is 1.94. The van der Waals surface area contributed by atoms with E-state index in [1.165, 1.54) is 29.2 Å². The van der Waals surface area contributed by atoms with E-state index in [1.54, 1.807) is 7.05 Å². The van der Waals surface area contributed by atoms with Crippen LogP contribution in [0.2, 0.25) is 0 Å². The van der Waals surface area contributed by atoms with Crippen molar-refractivity contribution < 1.29 is 9.72 Å². The Morgan fingerprint density at radius 3 is 2.62 bits per heavy atom. The number of benzene rings is 1. The number of carbonyl (C=O) groups excluding carboxylic acids is 1.